The van der Waals surface area contributed by atoms with Crippen LogP contribution in [-0.2, 0) is 23.9 Å². The molecule has 3 fully saturated rings. The van der Waals surface area contributed by atoms with E-state index >= 15 is 0 Å². The summed E-state index contributed by atoms with van der Waals surface area (Å²) in [6.45, 7) is 9.65. The molecule has 0 aromatic carbocycles. The predicted octanol–water partition coefficient (Wildman–Crippen LogP) is 2.44. The first-order valence-electron chi connectivity index (χ1n) is 13.4. The number of hydrogen-bond donors (Lipinski definition) is 4. The summed E-state index contributed by atoms with van der Waals surface area (Å²) in [6, 6.07) is -0.882. The summed E-state index contributed by atoms with van der Waals surface area (Å²) < 4.78 is 11.1. The number of aliphatic hydroxyl groups excluding tert-OH is 2. The molecule has 0 aromatic rings. The van der Waals surface area contributed by atoms with E-state index in [0.29, 0.717) is 38.5 Å². The van der Waals surface area contributed by atoms with Gasteiger partial charge in [-0.15, -0.1) is 12.6 Å². The molecule has 3 rings (SSSR count). The standard InChI is InChI=1S/C24H39NO8S.C2H6/c1-13(11-16-7-8-18(26)19(27)12-16)15(3)32-23(30)17-5-4-10-25(17)22(29)21(28)24(31)14(2)6-9-20(34)33-24;1-2/h13-20,26-27,31,34H,4-12H2,1-3H3;1-2H3. The van der Waals surface area contributed by atoms with Gasteiger partial charge >= 0.3 is 5.97 Å². The smallest absolute Gasteiger partial charge is 0.329 e. The predicted molar refractivity (Wildman–Crippen MR) is 137 cm³/mol. The van der Waals surface area contributed by atoms with Crippen LogP contribution in [0.2, 0.25) is 0 Å². The number of hydrogen-bond acceptors (Lipinski definition) is 9. The number of nitrogens with zero attached hydrogens (tertiary/aromatic N) is 1. The zero-order chi connectivity index (χ0) is 27.2. The second-order valence-electron chi connectivity index (χ2n) is 10.4. The van der Waals surface area contributed by atoms with Gasteiger partial charge in [-0.1, -0.05) is 27.7 Å². The van der Waals surface area contributed by atoms with Crippen molar-refractivity contribution in [3.05, 3.63) is 0 Å². The van der Waals surface area contributed by atoms with Gasteiger partial charge in [0.1, 0.15) is 17.6 Å². The molecule has 1 aliphatic carbocycles. The Kier molecular flexibility index (Phi) is 11.7. The first kappa shape index (κ1) is 31.0. The summed E-state index contributed by atoms with van der Waals surface area (Å²) in [6.07, 6.45) is 2.81. The van der Waals surface area contributed by atoms with E-state index in [2.05, 4.69) is 12.6 Å². The number of rotatable bonds is 7. The number of ketones is 1. The highest BCUT2D eigenvalue weighted by Crippen LogP contribution is 2.36. The molecule has 1 amide bonds. The van der Waals surface area contributed by atoms with Crippen molar-refractivity contribution in [2.45, 2.75) is 122 Å². The number of likely N-dealkylation sites (tertiary alicyclic amines) is 1. The maximum atomic E-state index is 13.0. The van der Waals surface area contributed by atoms with Crippen LogP contribution in [0.25, 0.3) is 0 Å². The number of ether oxygens (including phenoxy) is 2. The Morgan fingerprint density at radius 2 is 1.75 bits per heavy atom. The highest BCUT2D eigenvalue weighted by atomic mass is 32.1. The molecule has 0 spiro atoms. The van der Waals surface area contributed by atoms with Gasteiger partial charge in [0.25, 0.3) is 11.7 Å². The molecule has 208 valence electrons. The Balaban J connectivity index is 0.00000222. The van der Waals surface area contributed by atoms with Crippen molar-refractivity contribution >= 4 is 30.3 Å². The number of Topliss-reactive ketones (excluding diaryl/α,β-unsaturated/α-hetero) is 1. The number of aliphatic hydroxyl groups is 3. The van der Waals surface area contributed by atoms with Crippen LogP contribution in [0.5, 0.6) is 0 Å². The molecule has 10 heteroatoms. The molecule has 9 unspecified atom stereocenters. The fourth-order valence-electron chi connectivity index (χ4n) is 5.31. The molecule has 0 bridgehead atoms. The first-order chi connectivity index (χ1) is 16.9. The van der Waals surface area contributed by atoms with E-state index in [0.717, 1.165) is 12.8 Å². The fraction of sp³-hybridized carbons (Fsp3) is 0.885. The Morgan fingerprint density at radius 3 is 2.39 bits per heavy atom. The summed E-state index contributed by atoms with van der Waals surface area (Å²) >= 11 is 4.19. The van der Waals surface area contributed by atoms with Crippen molar-refractivity contribution in [2.75, 3.05) is 6.54 Å². The Bertz CT molecular complexity index is 766. The van der Waals surface area contributed by atoms with Crippen LogP contribution >= 0.6 is 12.6 Å². The molecule has 3 aliphatic rings. The van der Waals surface area contributed by atoms with Crippen LogP contribution in [0.3, 0.4) is 0 Å². The second-order valence-corrected chi connectivity index (χ2v) is 11.0. The van der Waals surface area contributed by atoms with Crippen LogP contribution in [0.4, 0.5) is 0 Å². The lowest BCUT2D eigenvalue weighted by atomic mass is 9.79. The van der Waals surface area contributed by atoms with E-state index < -0.39 is 59.2 Å². The average molecular weight is 532 g/mol. The molecular formula is C26H45NO8S. The van der Waals surface area contributed by atoms with Gasteiger partial charge in [-0.3, -0.25) is 9.59 Å². The van der Waals surface area contributed by atoms with E-state index in [9.17, 15) is 29.7 Å². The molecule has 2 saturated heterocycles. The lowest BCUT2D eigenvalue weighted by molar-refractivity contribution is -0.247. The fourth-order valence-corrected chi connectivity index (χ4v) is 5.62. The molecule has 2 heterocycles. The third-order valence-corrected chi connectivity index (χ3v) is 8.20. The third kappa shape index (κ3) is 7.22. The molecule has 1 saturated carbocycles. The molecular weight excluding hydrogens is 486 g/mol. The number of amides is 1. The zero-order valence-corrected chi connectivity index (χ0v) is 23.2. The van der Waals surface area contributed by atoms with E-state index in [4.69, 9.17) is 9.47 Å². The second kappa shape index (κ2) is 13.6. The summed E-state index contributed by atoms with van der Waals surface area (Å²) in [7, 11) is 0. The van der Waals surface area contributed by atoms with Gasteiger partial charge in [-0.2, -0.15) is 0 Å². The molecule has 0 aromatic heterocycles. The van der Waals surface area contributed by atoms with Crippen LogP contribution in [0, 0.1) is 17.8 Å². The van der Waals surface area contributed by atoms with Gasteiger partial charge in [-0.25, -0.2) is 4.79 Å². The minimum absolute atomic E-state index is 0.0214. The van der Waals surface area contributed by atoms with Crippen molar-refractivity contribution < 1.29 is 39.2 Å². The van der Waals surface area contributed by atoms with Crippen molar-refractivity contribution in [3.8, 4) is 0 Å². The van der Waals surface area contributed by atoms with Crippen LogP contribution in [0.1, 0.15) is 86.0 Å². The summed E-state index contributed by atoms with van der Waals surface area (Å²) in [5.74, 6) is -5.13. The van der Waals surface area contributed by atoms with Crippen molar-refractivity contribution in [1.29, 1.82) is 0 Å². The van der Waals surface area contributed by atoms with Gasteiger partial charge in [0.15, 0.2) is 0 Å². The Hall–Kier alpha value is -1.20. The molecule has 9 nitrogen and oxygen atoms in total. The Labute approximate surface area is 220 Å². The summed E-state index contributed by atoms with van der Waals surface area (Å²) in [4.78, 5) is 40.1. The number of carbonyl (C=O) groups excluding carboxylic acids is 3. The number of thiol groups is 1. The van der Waals surface area contributed by atoms with Gasteiger partial charge in [0.05, 0.1) is 12.2 Å². The highest BCUT2D eigenvalue weighted by Gasteiger charge is 2.52. The first-order valence-corrected chi connectivity index (χ1v) is 14.0. The Morgan fingerprint density at radius 1 is 1.08 bits per heavy atom. The van der Waals surface area contributed by atoms with E-state index in [-0.39, 0.29) is 18.4 Å². The largest absolute Gasteiger partial charge is 0.461 e. The maximum absolute atomic E-state index is 13.0. The molecule has 9 atom stereocenters. The van der Waals surface area contributed by atoms with Crippen LogP contribution in [0.15, 0.2) is 0 Å². The zero-order valence-electron chi connectivity index (χ0n) is 22.3. The topological polar surface area (TPSA) is 134 Å². The molecule has 36 heavy (non-hydrogen) atoms. The molecule has 3 N–H and O–H groups in total. The lowest BCUT2D eigenvalue weighted by Crippen LogP contribution is -2.58. The van der Waals surface area contributed by atoms with E-state index in [1.807, 2.05) is 20.8 Å². The monoisotopic (exact) mass is 531 g/mol. The highest BCUT2D eigenvalue weighted by molar-refractivity contribution is 7.80. The van der Waals surface area contributed by atoms with Crippen molar-refractivity contribution in [2.24, 2.45) is 17.8 Å². The minimum Gasteiger partial charge on any atom is -0.461 e. The maximum Gasteiger partial charge on any atom is 0.329 e. The molecule has 2 aliphatic heterocycles. The number of carbonyl (C=O) groups is 3. The van der Waals surface area contributed by atoms with Crippen LogP contribution in [-0.4, -0.2) is 80.0 Å². The van der Waals surface area contributed by atoms with Gasteiger partial charge in [-0.05, 0) is 70.1 Å². The number of esters is 1. The molecule has 0 radical (unpaired) electrons. The van der Waals surface area contributed by atoms with Crippen LogP contribution < -0.4 is 0 Å². The summed E-state index contributed by atoms with van der Waals surface area (Å²) in [5.41, 5.74) is -0.645. The van der Waals surface area contributed by atoms with Crippen molar-refractivity contribution in [1.82, 2.24) is 4.90 Å². The lowest BCUT2D eigenvalue weighted by Gasteiger charge is -2.39. The van der Waals surface area contributed by atoms with Gasteiger partial charge in [0, 0.05) is 12.5 Å². The normalized spacial score (nSPS) is 36.3. The minimum atomic E-state index is -2.25. The van der Waals surface area contributed by atoms with Gasteiger partial charge in [0.2, 0.25) is 5.79 Å². The SMILES string of the molecule is CC.CC(CC1CCC(O)C(O)C1)C(C)OC(=O)C1CCCN1C(=O)C(=O)C1(O)OC(S)CCC1C. The average Bonchev–Trinajstić information content (AvgIpc) is 3.34. The van der Waals surface area contributed by atoms with E-state index in [1.54, 1.807) is 13.8 Å². The van der Waals surface area contributed by atoms with Crippen molar-refractivity contribution in [3.63, 3.8) is 0 Å². The van der Waals surface area contributed by atoms with Gasteiger partial charge < -0.3 is 29.7 Å². The summed E-state index contributed by atoms with van der Waals surface area (Å²) in [5, 5.41) is 30.5. The van der Waals surface area contributed by atoms with E-state index in [1.165, 1.54) is 4.90 Å². The quantitative estimate of drug-likeness (QED) is 0.224. The third-order valence-electron chi connectivity index (χ3n) is 7.83.